The van der Waals surface area contributed by atoms with E-state index in [4.69, 9.17) is 15.2 Å². The van der Waals surface area contributed by atoms with Crippen LogP contribution in [0.2, 0.25) is 0 Å². The van der Waals surface area contributed by atoms with Crippen LogP contribution in [0.5, 0.6) is 5.75 Å². The van der Waals surface area contributed by atoms with Gasteiger partial charge < -0.3 is 25.0 Å². The number of hydrogen-bond acceptors (Lipinski definition) is 5. The summed E-state index contributed by atoms with van der Waals surface area (Å²) in [5.74, 6) is 0.705. The van der Waals surface area contributed by atoms with Crippen LogP contribution in [0.15, 0.2) is 24.3 Å². The van der Waals surface area contributed by atoms with Crippen molar-refractivity contribution in [3.8, 4) is 5.75 Å². The minimum absolute atomic E-state index is 0.0135. The minimum Gasteiger partial charge on any atom is -0.497 e. The number of rotatable bonds is 5. The number of nitrogens with two attached hydrogens (primary N) is 1. The van der Waals surface area contributed by atoms with E-state index in [9.17, 15) is 9.59 Å². The lowest BCUT2D eigenvalue weighted by atomic mass is 9.83. The van der Waals surface area contributed by atoms with Crippen LogP contribution >= 0.6 is 0 Å². The van der Waals surface area contributed by atoms with Crippen LogP contribution in [0.3, 0.4) is 0 Å². The number of benzene rings is 1. The number of hydrogen-bond donors (Lipinski definition) is 1. The predicted molar refractivity (Wildman–Crippen MR) is 101 cm³/mol. The Hall–Kier alpha value is -2.12. The van der Waals surface area contributed by atoms with Gasteiger partial charge in [-0.25, -0.2) is 0 Å². The molecule has 7 nitrogen and oxygen atoms in total. The Balaban J connectivity index is 1.56. The summed E-state index contributed by atoms with van der Waals surface area (Å²) in [6.45, 7) is 1.78. The molecule has 7 heteroatoms. The molecule has 2 aliphatic rings. The van der Waals surface area contributed by atoms with Crippen molar-refractivity contribution in [1.82, 2.24) is 9.80 Å². The molecule has 0 aromatic heterocycles. The molecular formula is C20H29N3O4. The highest BCUT2D eigenvalue weighted by Crippen LogP contribution is 2.27. The molecule has 1 aromatic rings. The zero-order chi connectivity index (χ0) is 19.4. The van der Waals surface area contributed by atoms with Crippen LogP contribution in [0.1, 0.15) is 24.8 Å². The summed E-state index contributed by atoms with van der Waals surface area (Å²) in [6.07, 6.45) is 2.09. The number of piperazine rings is 1. The molecule has 1 aliphatic heterocycles. The third-order valence-corrected chi connectivity index (χ3v) is 5.63. The van der Waals surface area contributed by atoms with Crippen molar-refractivity contribution in [2.45, 2.75) is 38.0 Å². The minimum atomic E-state index is -0.104. The number of methoxy groups -OCH3 is 2. The lowest BCUT2D eigenvalue weighted by Crippen LogP contribution is -2.54. The second kappa shape index (κ2) is 8.71. The van der Waals surface area contributed by atoms with E-state index in [0.29, 0.717) is 26.1 Å². The maximum absolute atomic E-state index is 12.9. The molecular weight excluding hydrogens is 346 g/mol. The van der Waals surface area contributed by atoms with E-state index in [2.05, 4.69) is 0 Å². The third-order valence-electron chi connectivity index (χ3n) is 5.63. The largest absolute Gasteiger partial charge is 0.497 e. The molecule has 2 N–H and O–H groups in total. The topological polar surface area (TPSA) is 85.1 Å². The Morgan fingerprint density at radius 3 is 2.78 bits per heavy atom. The highest BCUT2D eigenvalue weighted by molar-refractivity contribution is 5.87. The van der Waals surface area contributed by atoms with Gasteiger partial charge in [0.15, 0.2) is 0 Å². The summed E-state index contributed by atoms with van der Waals surface area (Å²) in [4.78, 5) is 28.9. The third kappa shape index (κ3) is 4.59. The summed E-state index contributed by atoms with van der Waals surface area (Å²) >= 11 is 0. The van der Waals surface area contributed by atoms with Gasteiger partial charge in [0.05, 0.1) is 19.8 Å². The Kier molecular flexibility index (Phi) is 6.34. The van der Waals surface area contributed by atoms with Crippen molar-refractivity contribution >= 4 is 11.8 Å². The summed E-state index contributed by atoms with van der Waals surface area (Å²) < 4.78 is 10.6. The van der Waals surface area contributed by atoms with Gasteiger partial charge >= 0.3 is 0 Å². The highest BCUT2D eigenvalue weighted by atomic mass is 16.5. The van der Waals surface area contributed by atoms with Crippen molar-refractivity contribution in [3.05, 3.63) is 29.8 Å². The first-order valence-electron chi connectivity index (χ1n) is 9.49. The Bertz CT molecular complexity index is 681. The quantitative estimate of drug-likeness (QED) is 0.830. The lowest BCUT2D eigenvalue weighted by Gasteiger charge is -2.38. The zero-order valence-corrected chi connectivity index (χ0v) is 16.1. The zero-order valence-electron chi connectivity index (χ0n) is 16.1. The summed E-state index contributed by atoms with van der Waals surface area (Å²) in [5, 5.41) is 0. The van der Waals surface area contributed by atoms with Crippen molar-refractivity contribution in [2.24, 2.45) is 11.7 Å². The van der Waals surface area contributed by atoms with Gasteiger partial charge in [0, 0.05) is 38.7 Å². The lowest BCUT2D eigenvalue weighted by molar-refractivity contribution is -0.149. The Labute approximate surface area is 160 Å². The molecule has 148 valence electrons. The predicted octanol–water partition coefficient (Wildman–Crippen LogP) is 1.01. The van der Waals surface area contributed by atoms with E-state index < -0.39 is 0 Å². The van der Waals surface area contributed by atoms with Crippen LogP contribution in [-0.4, -0.2) is 67.6 Å². The normalized spacial score (nSPS) is 26.2. The van der Waals surface area contributed by atoms with Gasteiger partial charge in [-0.1, -0.05) is 12.1 Å². The molecule has 3 rings (SSSR count). The number of amides is 2. The van der Waals surface area contributed by atoms with Crippen molar-refractivity contribution in [3.63, 3.8) is 0 Å². The second-order valence-electron chi connectivity index (χ2n) is 7.37. The molecule has 0 unspecified atom stereocenters. The van der Waals surface area contributed by atoms with E-state index >= 15 is 0 Å². The molecule has 2 fully saturated rings. The number of nitrogens with zero attached hydrogens (tertiary/aromatic N) is 2. The fourth-order valence-corrected chi connectivity index (χ4v) is 3.96. The summed E-state index contributed by atoms with van der Waals surface area (Å²) in [7, 11) is 3.26. The molecule has 1 saturated heterocycles. The maximum atomic E-state index is 12.9. The van der Waals surface area contributed by atoms with Crippen molar-refractivity contribution in [2.75, 3.05) is 33.9 Å². The first-order chi connectivity index (χ1) is 13.0. The average Bonchev–Trinajstić information content (AvgIpc) is 2.69. The molecule has 0 bridgehead atoms. The second-order valence-corrected chi connectivity index (χ2v) is 7.37. The Morgan fingerprint density at radius 2 is 2.07 bits per heavy atom. The standard InChI is InChI=1S/C20H29N3O4/c1-26-16-5-3-4-14(10-16)12-22-8-9-23(13-19(22)24)20(25)15-6-7-17(21)18(11-15)27-2/h3-5,10,15,17-18H,6-9,11-13,21H2,1-2H3/t15-,17-,18-/m0/s1. The smallest absolute Gasteiger partial charge is 0.242 e. The molecule has 0 spiro atoms. The molecule has 0 radical (unpaired) electrons. The molecule has 1 saturated carbocycles. The number of carbonyl (C=O) groups is 2. The van der Waals surface area contributed by atoms with Crippen LogP contribution < -0.4 is 10.5 Å². The molecule has 2 amide bonds. The van der Waals surface area contributed by atoms with Crippen LogP contribution in [0.4, 0.5) is 0 Å². The van der Waals surface area contributed by atoms with Gasteiger partial charge in [0.2, 0.25) is 11.8 Å². The Morgan fingerprint density at radius 1 is 1.26 bits per heavy atom. The molecule has 1 aliphatic carbocycles. The van der Waals surface area contributed by atoms with E-state index in [0.717, 1.165) is 24.2 Å². The fourth-order valence-electron chi connectivity index (χ4n) is 3.96. The van der Waals surface area contributed by atoms with E-state index in [1.807, 2.05) is 24.3 Å². The maximum Gasteiger partial charge on any atom is 0.242 e. The fraction of sp³-hybridized carbons (Fsp3) is 0.600. The first-order valence-corrected chi connectivity index (χ1v) is 9.49. The van der Waals surface area contributed by atoms with E-state index in [-0.39, 0.29) is 36.4 Å². The van der Waals surface area contributed by atoms with Gasteiger partial charge in [-0.05, 0) is 37.0 Å². The van der Waals surface area contributed by atoms with Crippen LogP contribution in [0.25, 0.3) is 0 Å². The molecule has 3 atom stereocenters. The van der Waals surface area contributed by atoms with Gasteiger partial charge in [0.25, 0.3) is 0 Å². The average molecular weight is 375 g/mol. The van der Waals surface area contributed by atoms with Crippen molar-refractivity contribution < 1.29 is 19.1 Å². The van der Waals surface area contributed by atoms with Crippen LogP contribution in [0, 0.1) is 5.92 Å². The van der Waals surface area contributed by atoms with Gasteiger partial charge in [0.1, 0.15) is 5.75 Å². The van der Waals surface area contributed by atoms with E-state index in [1.54, 1.807) is 24.0 Å². The van der Waals surface area contributed by atoms with Crippen LogP contribution in [-0.2, 0) is 20.9 Å². The molecule has 1 heterocycles. The van der Waals surface area contributed by atoms with E-state index in [1.165, 1.54) is 0 Å². The van der Waals surface area contributed by atoms with Gasteiger partial charge in [-0.3, -0.25) is 9.59 Å². The first kappa shape index (κ1) is 19.6. The molecule has 27 heavy (non-hydrogen) atoms. The SMILES string of the molecule is COc1cccc(CN2CCN(C(=O)[C@H]3CC[C@H](N)[C@@H](OC)C3)CC2=O)c1. The molecule has 1 aromatic carbocycles. The summed E-state index contributed by atoms with van der Waals surface area (Å²) in [5.41, 5.74) is 7.07. The number of ether oxygens (including phenoxy) is 2. The van der Waals surface area contributed by atoms with Crippen molar-refractivity contribution in [1.29, 1.82) is 0 Å². The van der Waals surface area contributed by atoms with Gasteiger partial charge in [-0.2, -0.15) is 0 Å². The number of carbonyl (C=O) groups excluding carboxylic acids is 2. The highest BCUT2D eigenvalue weighted by Gasteiger charge is 2.36. The van der Waals surface area contributed by atoms with Gasteiger partial charge in [-0.15, -0.1) is 0 Å². The monoisotopic (exact) mass is 375 g/mol. The summed E-state index contributed by atoms with van der Waals surface area (Å²) in [6, 6.07) is 7.69.